The normalized spacial score (nSPS) is 19.2. The van der Waals surface area contributed by atoms with Gasteiger partial charge in [-0.25, -0.2) is 8.78 Å². The summed E-state index contributed by atoms with van der Waals surface area (Å²) in [6.07, 6.45) is 2.26. The Balaban J connectivity index is 1.70. The lowest BCUT2D eigenvalue weighted by Crippen LogP contribution is -2.59. The Morgan fingerprint density at radius 2 is 2.19 bits per heavy atom. The van der Waals surface area contributed by atoms with Crippen molar-refractivity contribution in [2.45, 2.75) is 24.8 Å². The monoisotopic (exact) mass is 359 g/mol. The summed E-state index contributed by atoms with van der Waals surface area (Å²) in [5.74, 6) is -3.98. The molecule has 5 nitrogen and oxygen atoms in total. The molecule has 0 aliphatic carbocycles. The number of pyridine rings is 1. The molecule has 1 aliphatic heterocycles. The average Bonchev–Trinajstić information content (AvgIpc) is 2.63. The fraction of sp³-hybridized carbons (Fsp3) is 0.316. The van der Waals surface area contributed by atoms with Crippen LogP contribution in [0.5, 0.6) is 0 Å². The van der Waals surface area contributed by atoms with E-state index in [0.717, 1.165) is 22.5 Å². The molecule has 26 heavy (non-hydrogen) atoms. The molecule has 1 atom stereocenters. The van der Waals surface area contributed by atoms with Crippen molar-refractivity contribution in [3.05, 3.63) is 54.7 Å². The Bertz CT molecular complexity index is 854. The van der Waals surface area contributed by atoms with Gasteiger partial charge >= 0.3 is 0 Å². The number of hydrogen-bond acceptors (Lipinski definition) is 3. The molecular weight excluding hydrogens is 340 g/mol. The number of carbonyl (C=O) groups is 2. The van der Waals surface area contributed by atoms with E-state index in [1.54, 1.807) is 6.20 Å². The summed E-state index contributed by atoms with van der Waals surface area (Å²) in [7, 11) is 0. The first-order chi connectivity index (χ1) is 12.4. The van der Waals surface area contributed by atoms with Crippen LogP contribution < -0.4 is 5.32 Å². The number of piperidine rings is 1. The van der Waals surface area contributed by atoms with E-state index >= 15 is 0 Å². The number of rotatable bonds is 4. The van der Waals surface area contributed by atoms with Gasteiger partial charge in [0.2, 0.25) is 11.8 Å². The molecule has 1 aromatic heterocycles. The maximum Gasteiger partial charge on any atom is 0.271 e. The standard InChI is InChI=1S/C19H19F2N3O2/c1-2-17(25)23-16-12-24(9-7-19(16,20)21)18(26)11-13-5-6-15-14(10-13)4-3-8-22-15/h2-6,8,10,16H,1,7,9,11-12H2,(H,23,25). The molecule has 0 spiro atoms. The number of halogens is 2. The number of carbonyl (C=O) groups excluding carboxylic acids is 2. The summed E-state index contributed by atoms with van der Waals surface area (Å²) in [4.78, 5) is 29.5. The van der Waals surface area contributed by atoms with Crippen molar-refractivity contribution in [2.75, 3.05) is 13.1 Å². The van der Waals surface area contributed by atoms with Crippen molar-refractivity contribution in [1.29, 1.82) is 0 Å². The van der Waals surface area contributed by atoms with E-state index in [1.165, 1.54) is 4.90 Å². The van der Waals surface area contributed by atoms with Crippen LogP contribution in [0.3, 0.4) is 0 Å². The van der Waals surface area contributed by atoms with Gasteiger partial charge in [0.15, 0.2) is 0 Å². The molecule has 1 unspecified atom stereocenters. The Hall–Kier alpha value is -2.83. The van der Waals surface area contributed by atoms with Crippen LogP contribution in [0.4, 0.5) is 8.78 Å². The van der Waals surface area contributed by atoms with Gasteiger partial charge in [0.05, 0.1) is 11.9 Å². The van der Waals surface area contributed by atoms with Gasteiger partial charge in [0.25, 0.3) is 5.92 Å². The van der Waals surface area contributed by atoms with Crippen molar-refractivity contribution < 1.29 is 18.4 Å². The predicted molar refractivity (Wildman–Crippen MR) is 93.7 cm³/mol. The van der Waals surface area contributed by atoms with Gasteiger partial charge in [-0.05, 0) is 29.8 Å². The zero-order valence-corrected chi connectivity index (χ0v) is 14.1. The zero-order valence-electron chi connectivity index (χ0n) is 14.1. The first kappa shape index (κ1) is 18.0. The highest BCUT2D eigenvalue weighted by Gasteiger charge is 2.45. The molecule has 0 radical (unpaired) electrons. The minimum Gasteiger partial charge on any atom is -0.342 e. The molecule has 2 aromatic rings. The number of hydrogen-bond donors (Lipinski definition) is 1. The van der Waals surface area contributed by atoms with Crippen molar-refractivity contribution >= 4 is 22.7 Å². The lowest BCUT2D eigenvalue weighted by atomic mass is 9.99. The Kier molecular flexibility index (Phi) is 4.97. The summed E-state index contributed by atoms with van der Waals surface area (Å²) in [5, 5.41) is 3.14. The van der Waals surface area contributed by atoms with E-state index in [4.69, 9.17) is 0 Å². The lowest BCUT2D eigenvalue weighted by molar-refractivity contribution is -0.142. The fourth-order valence-corrected chi connectivity index (χ4v) is 3.03. The van der Waals surface area contributed by atoms with Gasteiger partial charge in [-0.2, -0.15) is 0 Å². The highest BCUT2D eigenvalue weighted by Crippen LogP contribution is 2.29. The molecule has 1 saturated heterocycles. The van der Waals surface area contributed by atoms with Crippen LogP contribution >= 0.6 is 0 Å². The molecule has 1 aliphatic rings. The largest absolute Gasteiger partial charge is 0.342 e. The van der Waals surface area contributed by atoms with Crippen LogP contribution in [0.2, 0.25) is 0 Å². The van der Waals surface area contributed by atoms with Crippen LogP contribution in [0.1, 0.15) is 12.0 Å². The van der Waals surface area contributed by atoms with Gasteiger partial charge in [0, 0.05) is 31.1 Å². The Morgan fingerprint density at radius 1 is 1.38 bits per heavy atom. The quantitative estimate of drug-likeness (QED) is 0.853. The van der Waals surface area contributed by atoms with Crippen molar-refractivity contribution in [1.82, 2.24) is 15.2 Å². The van der Waals surface area contributed by atoms with Gasteiger partial charge in [-0.3, -0.25) is 14.6 Å². The van der Waals surface area contributed by atoms with E-state index in [1.807, 2.05) is 30.3 Å². The predicted octanol–water partition coefficient (Wildman–Crippen LogP) is 2.32. The summed E-state index contributed by atoms with van der Waals surface area (Å²) in [5.41, 5.74) is 1.62. The molecule has 7 heteroatoms. The third-order valence-corrected chi connectivity index (χ3v) is 4.51. The molecule has 1 aromatic carbocycles. The lowest BCUT2D eigenvalue weighted by Gasteiger charge is -2.38. The van der Waals surface area contributed by atoms with Crippen LogP contribution in [-0.2, 0) is 16.0 Å². The molecular formula is C19H19F2N3O2. The maximum atomic E-state index is 14.0. The van der Waals surface area contributed by atoms with E-state index in [0.29, 0.717) is 0 Å². The fourth-order valence-electron chi connectivity index (χ4n) is 3.03. The summed E-state index contributed by atoms with van der Waals surface area (Å²) in [6.45, 7) is 3.00. The van der Waals surface area contributed by atoms with Gasteiger partial charge in [-0.15, -0.1) is 0 Å². The Morgan fingerprint density at radius 3 is 2.96 bits per heavy atom. The number of benzene rings is 1. The second kappa shape index (κ2) is 7.19. The summed E-state index contributed by atoms with van der Waals surface area (Å²) < 4.78 is 28.0. The number of aromatic nitrogens is 1. The molecule has 0 saturated carbocycles. The molecule has 2 heterocycles. The average molecular weight is 359 g/mol. The number of alkyl halides is 2. The number of nitrogens with zero attached hydrogens (tertiary/aromatic N) is 2. The zero-order chi connectivity index (χ0) is 18.7. The summed E-state index contributed by atoms with van der Waals surface area (Å²) in [6, 6.07) is 7.81. The SMILES string of the molecule is C=CC(=O)NC1CN(C(=O)Cc2ccc3ncccc3c2)CCC1(F)F. The number of nitrogens with one attached hydrogen (secondary N) is 1. The van der Waals surface area contributed by atoms with E-state index in [-0.39, 0.29) is 25.4 Å². The molecule has 0 bridgehead atoms. The van der Waals surface area contributed by atoms with Gasteiger partial charge in [-0.1, -0.05) is 18.7 Å². The van der Waals surface area contributed by atoms with E-state index < -0.39 is 24.3 Å². The van der Waals surface area contributed by atoms with Crippen molar-refractivity contribution in [2.24, 2.45) is 0 Å². The molecule has 1 N–H and O–H groups in total. The van der Waals surface area contributed by atoms with Crippen LogP contribution in [0, 0.1) is 0 Å². The van der Waals surface area contributed by atoms with Gasteiger partial charge < -0.3 is 10.2 Å². The third kappa shape index (κ3) is 3.87. The van der Waals surface area contributed by atoms with Crippen LogP contribution in [-0.4, -0.2) is 46.8 Å². The highest BCUT2D eigenvalue weighted by molar-refractivity contribution is 5.87. The molecule has 2 amide bonds. The third-order valence-electron chi connectivity index (χ3n) is 4.51. The van der Waals surface area contributed by atoms with E-state index in [2.05, 4.69) is 16.9 Å². The Labute approximate surface area is 149 Å². The van der Waals surface area contributed by atoms with E-state index in [9.17, 15) is 18.4 Å². The second-order valence-electron chi connectivity index (χ2n) is 6.32. The van der Waals surface area contributed by atoms with Crippen molar-refractivity contribution in [3.8, 4) is 0 Å². The highest BCUT2D eigenvalue weighted by atomic mass is 19.3. The topological polar surface area (TPSA) is 62.3 Å². The minimum atomic E-state index is -3.05. The van der Waals surface area contributed by atoms with Crippen LogP contribution in [0.25, 0.3) is 10.9 Å². The minimum absolute atomic E-state index is 0.0402. The smallest absolute Gasteiger partial charge is 0.271 e. The van der Waals surface area contributed by atoms with Crippen LogP contribution in [0.15, 0.2) is 49.2 Å². The number of fused-ring (bicyclic) bond motifs is 1. The molecule has 1 fully saturated rings. The second-order valence-corrected chi connectivity index (χ2v) is 6.32. The van der Waals surface area contributed by atoms with Crippen molar-refractivity contribution in [3.63, 3.8) is 0 Å². The number of likely N-dealkylation sites (tertiary alicyclic amines) is 1. The van der Waals surface area contributed by atoms with Gasteiger partial charge in [0.1, 0.15) is 6.04 Å². The molecule has 3 rings (SSSR count). The summed E-state index contributed by atoms with van der Waals surface area (Å²) >= 11 is 0. The first-order valence-corrected chi connectivity index (χ1v) is 8.31. The first-order valence-electron chi connectivity index (χ1n) is 8.31. The number of amides is 2. The molecule has 136 valence electrons. The maximum absolute atomic E-state index is 14.0.